The lowest BCUT2D eigenvalue weighted by atomic mass is 10.1. The summed E-state index contributed by atoms with van der Waals surface area (Å²) in [5.41, 5.74) is 5.83. The molecule has 0 bridgehead atoms. The van der Waals surface area contributed by atoms with Crippen LogP contribution in [0.2, 0.25) is 0 Å². The summed E-state index contributed by atoms with van der Waals surface area (Å²) in [4.78, 5) is 11.3. The van der Waals surface area contributed by atoms with Gasteiger partial charge in [-0.15, -0.1) is 0 Å². The smallest absolute Gasteiger partial charge is 0.183 e. The van der Waals surface area contributed by atoms with Crippen LogP contribution in [-0.4, -0.2) is 19.4 Å². The highest BCUT2D eigenvalue weighted by Gasteiger charge is 2.17. The molecule has 3 nitrogen and oxygen atoms in total. The number of benzene rings is 1. The number of methoxy groups -OCH3 is 1. The number of hydrogen-bond donors (Lipinski definition) is 1. The molecule has 0 radical (unpaired) electrons. The molecular weight excluding hydrogens is 185 g/mol. The van der Waals surface area contributed by atoms with Crippen LogP contribution >= 0.6 is 0 Å². The van der Waals surface area contributed by atoms with E-state index in [2.05, 4.69) is 0 Å². The number of ketones is 1. The lowest BCUT2D eigenvalue weighted by Gasteiger charge is -2.10. The Bertz CT molecular complexity index is 363. The molecule has 1 aromatic carbocycles. The molecule has 0 aliphatic heterocycles. The highest BCUT2D eigenvalue weighted by Crippen LogP contribution is 2.25. The Morgan fingerprint density at radius 2 is 2.21 bits per heavy atom. The van der Waals surface area contributed by atoms with Gasteiger partial charge in [0.25, 0.3) is 0 Å². The zero-order valence-electron chi connectivity index (χ0n) is 8.13. The van der Waals surface area contributed by atoms with Gasteiger partial charge in [-0.05, 0) is 18.6 Å². The van der Waals surface area contributed by atoms with Crippen LogP contribution in [0.1, 0.15) is 15.9 Å². The summed E-state index contributed by atoms with van der Waals surface area (Å²) in [6.07, 6.45) is 0. The summed E-state index contributed by atoms with van der Waals surface area (Å²) in [6, 6.07) is 2.79. The summed E-state index contributed by atoms with van der Waals surface area (Å²) in [5.74, 6) is -0.786. The Kier molecular flexibility index (Phi) is 3.19. The molecule has 0 fully saturated rings. The van der Waals surface area contributed by atoms with E-state index in [0.29, 0.717) is 5.56 Å². The van der Waals surface area contributed by atoms with Crippen LogP contribution in [0.4, 0.5) is 4.39 Å². The van der Waals surface area contributed by atoms with E-state index in [0.717, 1.165) is 0 Å². The van der Waals surface area contributed by atoms with Crippen LogP contribution in [-0.2, 0) is 0 Å². The standard InChI is InChI=1S/C10H12FNO2/c1-6-3-4-7(11)9(8(13)5-12)10(6)14-2/h3-4H,5,12H2,1-2H3. The van der Waals surface area contributed by atoms with Gasteiger partial charge in [-0.25, -0.2) is 4.39 Å². The van der Waals surface area contributed by atoms with Crippen LogP contribution in [0.5, 0.6) is 5.75 Å². The molecule has 0 amide bonds. The molecule has 0 unspecified atom stereocenters. The van der Waals surface area contributed by atoms with Crippen molar-refractivity contribution < 1.29 is 13.9 Å². The van der Waals surface area contributed by atoms with Gasteiger partial charge in [-0.1, -0.05) is 6.07 Å². The average molecular weight is 197 g/mol. The Balaban J connectivity index is 3.37. The minimum absolute atomic E-state index is 0.0602. The molecule has 0 aliphatic rings. The molecule has 0 heterocycles. The SMILES string of the molecule is COc1c(C)ccc(F)c1C(=O)CN. The van der Waals surface area contributed by atoms with Crippen LogP contribution in [0, 0.1) is 12.7 Å². The van der Waals surface area contributed by atoms with Crippen molar-refractivity contribution in [3.8, 4) is 5.75 Å². The first-order valence-corrected chi connectivity index (χ1v) is 4.18. The molecule has 0 aliphatic carbocycles. The maximum Gasteiger partial charge on any atom is 0.183 e. The van der Waals surface area contributed by atoms with Crippen molar-refractivity contribution in [3.05, 3.63) is 29.1 Å². The second kappa shape index (κ2) is 4.19. The molecule has 1 rings (SSSR count). The van der Waals surface area contributed by atoms with Crippen molar-refractivity contribution in [2.24, 2.45) is 5.73 Å². The third-order valence-corrected chi connectivity index (χ3v) is 1.97. The zero-order chi connectivity index (χ0) is 10.7. The number of ether oxygens (including phenoxy) is 1. The molecule has 0 saturated carbocycles. The predicted octanol–water partition coefficient (Wildman–Crippen LogP) is 1.28. The minimum Gasteiger partial charge on any atom is -0.496 e. The molecule has 4 heteroatoms. The quantitative estimate of drug-likeness (QED) is 0.743. The maximum absolute atomic E-state index is 13.3. The topological polar surface area (TPSA) is 52.3 Å². The number of Topliss-reactive ketones (excluding diaryl/α,β-unsaturated/α-hetero) is 1. The van der Waals surface area contributed by atoms with Crippen molar-refractivity contribution in [2.75, 3.05) is 13.7 Å². The third-order valence-electron chi connectivity index (χ3n) is 1.97. The van der Waals surface area contributed by atoms with E-state index in [4.69, 9.17) is 10.5 Å². The van der Waals surface area contributed by atoms with Gasteiger partial charge in [0.05, 0.1) is 19.2 Å². The molecule has 0 spiro atoms. The van der Waals surface area contributed by atoms with Gasteiger partial charge >= 0.3 is 0 Å². The van der Waals surface area contributed by atoms with E-state index < -0.39 is 11.6 Å². The van der Waals surface area contributed by atoms with Crippen LogP contribution in [0.3, 0.4) is 0 Å². The van der Waals surface area contributed by atoms with E-state index in [9.17, 15) is 9.18 Å². The highest BCUT2D eigenvalue weighted by molar-refractivity contribution is 6.00. The van der Waals surface area contributed by atoms with Crippen molar-refractivity contribution in [3.63, 3.8) is 0 Å². The van der Waals surface area contributed by atoms with Crippen molar-refractivity contribution in [1.29, 1.82) is 0 Å². The lowest BCUT2D eigenvalue weighted by molar-refractivity contribution is 0.0994. The summed E-state index contributed by atoms with van der Waals surface area (Å²) < 4.78 is 18.3. The maximum atomic E-state index is 13.3. The van der Waals surface area contributed by atoms with E-state index in [1.165, 1.54) is 13.2 Å². The monoisotopic (exact) mass is 197 g/mol. The van der Waals surface area contributed by atoms with Gasteiger partial charge in [-0.3, -0.25) is 4.79 Å². The number of carbonyl (C=O) groups is 1. The van der Waals surface area contributed by atoms with Gasteiger partial charge in [0.2, 0.25) is 0 Å². The molecule has 76 valence electrons. The summed E-state index contributed by atoms with van der Waals surface area (Å²) in [6.45, 7) is 1.52. The molecule has 14 heavy (non-hydrogen) atoms. The van der Waals surface area contributed by atoms with E-state index in [1.807, 2.05) is 0 Å². The molecular formula is C10H12FNO2. The zero-order valence-corrected chi connectivity index (χ0v) is 8.13. The normalized spacial score (nSPS) is 10.0. The average Bonchev–Trinajstić information content (AvgIpc) is 2.19. The fourth-order valence-corrected chi connectivity index (χ4v) is 1.29. The Morgan fingerprint density at radius 3 is 2.71 bits per heavy atom. The van der Waals surface area contributed by atoms with E-state index in [1.54, 1.807) is 13.0 Å². The number of carbonyl (C=O) groups excluding carboxylic acids is 1. The van der Waals surface area contributed by atoms with Gasteiger partial charge in [0, 0.05) is 0 Å². The lowest BCUT2D eigenvalue weighted by Crippen LogP contribution is -2.16. The van der Waals surface area contributed by atoms with Crippen molar-refractivity contribution >= 4 is 5.78 Å². The number of rotatable bonds is 3. The van der Waals surface area contributed by atoms with Crippen LogP contribution in [0.25, 0.3) is 0 Å². The van der Waals surface area contributed by atoms with E-state index >= 15 is 0 Å². The number of halogens is 1. The molecule has 0 saturated heterocycles. The largest absolute Gasteiger partial charge is 0.496 e. The first kappa shape index (κ1) is 10.7. The fourth-order valence-electron chi connectivity index (χ4n) is 1.29. The highest BCUT2D eigenvalue weighted by atomic mass is 19.1. The van der Waals surface area contributed by atoms with Crippen molar-refractivity contribution in [1.82, 2.24) is 0 Å². The van der Waals surface area contributed by atoms with Gasteiger partial charge in [0.15, 0.2) is 5.78 Å². The van der Waals surface area contributed by atoms with E-state index in [-0.39, 0.29) is 17.9 Å². The minimum atomic E-state index is -0.595. The van der Waals surface area contributed by atoms with Gasteiger partial charge in [-0.2, -0.15) is 0 Å². The Labute approximate surface area is 81.7 Å². The second-order valence-corrected chi connectivity index (χ2v) is 2.90. The third kappa shape index (κ3) is 1.75. The van der Waals surface area contributed by atoms with Gasteiger partial charge < -0.3 is 10.5 Å². The Morgan fingerprint density at radius 1 is 1.57 bits per heavy atom. The first-order valence-electron chi connectivity index (χ1n) is 4.18. The summed E-state index contributed by atoms with van der Waals surface area (Å²) in [5, 5.41) is 0. The molecule has 0 atom stereocenters. The van der Waals surface area contributed by atoms with Crippen molar-refractivity contribution in [2.45, 2.75) is 6.92 Å². The van der Waals surface area contributed by atoms with Gasteiger partial charge in [0.1, 0.15) is 11.6 Å². The fraction of sp³-hybridized carbons (Fsp3) is 0.300. The molecule has 1 aromatic rings. The number of aryl methyl sites for hydroxylation is 1. The second-order valence-electron chi connectivity index (χ2n) is 2.90. The van der Waals surface area contributed by atoms with Crippen LogP contribution in [0.15, 0.2) is 12.1 Å². The Hall–Kier alpha value is -1.42. The van der Waals surface area contributed by atoms with Crippen LogP contribution < -0.4 is 10.5 Å². The number of nitrogens with two attached hydrogens (primary N) is 1. The number of hydrogen-bond acceptors (Lipinski definition) is 3. The molecule has 2 N–H and O–H groups in total. The summed E-state index contributed by atoms with van der Waals surface area (Å²) in [7, 11) is 1.40. The molecule has 0 aromatic heterocycles. The predicted molar refractivity (Wildman–Crippen MR) is 51.1 cm³/mol. The summed E-state index contributed by atoms with van der Waals surface area (Å²) >= 11 is 0. The first-order chi connectivity index (χ1) is 6.61.